The summed E-state index contributed by atoms with van der Waals surface area (Å²) < 4.78 is 4.86. The van der Waals surface area contributed by atoms with E-state index in [4.69, 9.17) is 4.74 Å². The second-order valence-electron chi connectivity index (χ2n) is 7.08. The number of nitrogens with one attached hydrogen (secondary N) is 2. The molecule has 0 radical (unpaired) electrons. The molecule has 2 amide bonds. The number of hydrogen-bond acceptors (Lipinski definition) is 6. The van der Waals surface area contributed by atoms with Gasteiger partial charge in [-0.25, -0.2) is 9.78 Å². The van der Waals surface area contributed by atoms with Crippen LogP contribution in [0, 0.1) is 0 Å². The number of rotatable bonds is 8. The van der Waals surface area contributed by atoms with Crippen molar-refractivity contribution in [1.29, 1.82) is 0 Å². The fourth-order valence-corrected chi connectivity index (χ4v) is 3.22. The van der Waals surface area contributed by atoms with Gasteiger partial charge in [-0.1, -0.05) is 42.5 Å². The molecular weight excluding hydrogens is 396 g/mol. The van der Waals surface area contributed by atoms with E-state index in [1.165, 1.54) is 14.0 Å². The third-order valence-corrected chi connectivity index (χ3v) is 4.69. The quantitative estimate of drug-likeness (QED) is 0.536. The molecular formula is C23H24N4O4. The zero-order chi connectivity index (χ0) is 22.2. The van der Waals surface area contributed by atoms with Crippen molar-refractivity contribution in [3.05, 3.63) is 72.1 Å². The topological polar surface area (TPSA) is 110 Å². The average molecular weight is 420 g/mol. The molecule has 0 aliphatic carbocycles. The highest BCUT2D eigenvalue weighted by Crippen LogP contribution is 2.11. The van der Waals surface area contributed by atoms with Crippen molar-refractivity contribution < 1.29 is 19.1 Å². The first-order chi connectivity index (χ1) is 15.0. The number of carbonyl (C=O) groups is 3. The highest BCUT2D eigenvalue weighted by molar-refractivity contribution is 5.90. The molecule has 1 aromatic heterocycles. The average Bonchev–Trinajstić information content (AvgIpc) is 2.78. The molecule has 3 rings (SSSR count). The van der Waals surface area contributed by atoms with Crippen LogP contribution >= 0.6 is 0 Å². The van der Waals surface area contributed by atoms with E-state index in [0.717, 1.165) is 11.1 Å². The standard InChI is InChI=1S/C23H24N4O4/c1-15(28)25-20(12-16-8-4-3-5-9-16)22(29)27-21(23(30)31-2)13-17-14-24-18-10-6-7-11-19(18)26-17/h3-11,14,20-21H,12-13H2,1-2H3,(H,25,28)(H,27,29)/t20-,21+/m1/s1. The number of benzene rings is 2. The van der Waals surface area contributed by atoms with E-state index in [0.29, 0.717) is 11.2 Å². The molecule has 0 fully saturated rings. The minimum Gasteiger partial charge on any atom is -0.467 e. The molecule has 8 nitrogen and oxygen atoms in total. The lowest BCUT2D eigenvalue weighted by atomic mass is 10.0. The number of amides is 2. The molecule has 0 unspecified atom stereocenters. The van der Waals surface area contributed by atoms with E-state index in [1.807, 2.05) is 54.6 Å². The molecule has 8 heteroatoms. The molecule has 0 aliphatic heterocycles. The van der Waals surface area contributed by atoms with Crippen molar-refractivity contribution in [2.45, 2.75) is 31.8 Å². The number of ether oxygens (including phenoxy) is 1. The van der Waals surface area contributed by atoms with Gasteiger partial charge < -0.3 is 15.4 Å². The van der Waals surface area contributed by atoms with Gasteiger partial charge in [-0.15, -0.1) is 0 Å². The fraction of sp³-hybridized carbons (Fsp3) is 0.261. The molecule has 2 N–H and O–H groups in total. The van der Waals surface area contributed by atoms with Gasteiger partial charge in [0.2, 0.25) is 11.8 Å². The molecule has 0 bridgehead atoms. The zero-order valence-corrected chi connectivity index (χ0v) is 17.4. The summed E-state index contributed by atoms with van der Waals surface area (Å²) in [5, 5.41) is 5.34. The lowest BCUT2D eigenvalue weighted by Crippen LogP contribution is -2.53. The van der Waals surface area contributed by atoms with Crippen molar-refractivity contribution in [2.24, 2.45) is 0 Å². The van der Waals surface area contributed by atoms with Gasteiger partial charge in [0.1, 0.15) is 12.1 Å². The second kappa shape index (κ2) is 10.3. The smallest absolute Gasteiger partial charge is 0.328 e. The summed E-state index contributed by atoms with van der Waals surface area (Å²) in [5.41, 5.74) is 2.84. The number of nitrogens with zero attached hydrogens (tertiary/aromatic N) is 2. The summed E-state index contributed by atoms with van der Waals surface area (Å²) in [6, 6.07) is 14.9. The molecule has 2 aromatic carbocycles. The summed E-state index contributed by atoms with van der Waals surface area (Å²) >= 11 is 0. The summed E-state index contributed by atoms with van der Waals surface area (Å²) in [7, 11) is 1.25. The maximum Gasteiger partial charge on any atom is 0.328 e. The van der Waals surface area contributed by atoms with E-state index in [1.54, 1.807) is 6.20 Å². The molecule has 0 saturated heterocycles. The Kier molecular flexibility index (Phi) is 7.26. The predicted octanol–water partition coefficient (Wildman–Crippen LogP) is 1.58. The monoisotopic (exact) mass is 420 g/mol. The van der Waals surface area contributed by atoms with Crippen LogP contribution in [0.1, 0.15) is 18.2 Å². The largest absolute Gasteiger partial charge is 0.467 e. The van der Waals surface area contributed by atoms with Crippen LogP contribution in [0.2, 0.25) is 0 Å². The molecule has 0 aliphatic rings. The maximum atomic E-state index is 12.9. The lowest BCUT2D eigenvalue weighted by molar-refractivity contribution is -0.145. The summed E-state index contributed by atoms with van der Waals surface area (Å²) in [5.74, 6) is -1.43. The first kappa shape index (κ1) is 21.9. The second-order valence-corrected chi connectivity index (χ2v) is 7.08. The van der Waals surface area contributed by atoms with Gasteiger partial charge >= 0.3 is 5.97 Å². The van der Waals surface area contributed by atoms with Crippen LogP contribution in [-0.2, 0) is 32.0 Å². The maximum absolute atomic E-state index is 12.9. The molecule has 0 saturated carbocycles. The van der Waals surface area contributed by atoms with Crippen LogP contribution < -0.4 is 10.6 Å². The zero-order valence-electron chi connectivity index (χ0n) is 17.4. The minimum atomic E-state index is -0.972. The van der Waals surface area contributed by atoms with E-state index >= 15 is 0 Å². The Morgan fingerprint density at radius 1 is 0.903 bits per heavy atom. The fourth-order valence-electron chi connectivity index (χ4n) is 3.22. The van der Waals surface area contributed by atoms with Crippen LogP contribution in [0.3, 0.4) is 0 Å². The van der Waals surface area contributed by atoms with Gasteiger partial charge in [0, 0.05) is 26.0 Å². The van der Waals surface area contributed by atoms with Crippen LogP contribution in [-0.4, -0.2) is 46.9 Å². The number of para-hydroxylation sites is 2. The summed E-state index contributed by atoms with van der Waals surface area (Å²) in [6.07, 6.45) is 1.96. The van der Waals surface area contributed by atoms with Crippen LogP contribution in [0.5, 0.6) is 0 Å². The molecule has 0 spiro atoms. The first-order valence-corrected chi connectivity index (χ1v) is 9.86. The number of hydrogen-bond donors (Lipinski definition) is 2. The number of aromatic nitrogens is 2. The van der Waals surface area contributed by atoms with Crippen LogP contribution in [0.15, 0.2) is 60.8 Å². The van der Waals surface area contributed by atoms with Crippen LogP contribution in [0.25, 0.3) is 11.0 Å². The van der Waals surface area contributed by atoms with Crippen molar-refractivity contribution in [1.82, 2.24) is 20.6 Å². The molecule has 160 valence electrons. The predicted molar refractivity (Wildman–Crippen MR) is 115 cm³/mol. The number of carbonyl (C=O) groups excluding carboxylic acids is 3. The normalized spacial score (nSPS) is 12.6. The van der Waals surface area contributed by atoms with Gasteiger partial charge in [0.15, 0.2) is 0 Å². The third-order valence-electron chi connectivity index (χ3n) is 4.69. The van der Waals surface area contributed by atoms with Gasteiger partial charge in [-0.2, -0.15) is 0 Å². The van der Waals surface area contributed by atoms with Gasteiger partial charge in [-0.3, -0.25) is 14.6 Å². The van der Waals surface area contributed by atoms with Gasteiger partial charge in [-0.05, 0) is 17.7 Å². The summed E-state index contributed by atoms with van der Waals surface area (Å²) in [6.45, 7) is 1.34. The number of fused-ring (bicyclic) bond motifs is 1. The third kappa shape index (κ3) is 6.08. The highest BCUT2D eigenvalue weighted by Gasteiger charge is 2.27. The van der Waals surface area contributed by atoms with E-state index in [-0.39, 0.29) is 18.7 Å². The lowest BCUT2D eigenvalue weighted by Gasteiger charge is -2.22. The molecule has 2 atom stereocenters. The van der Waals surface area contributed by atoms with Gasteiger partial charge in [0.25, 0.3) is 0 Å². The van der Waals surface area contributed by atoms with Crippen molar-refractivity contribution >= 4 is 28.8 Å². The summed E-state index contributed by atoms with van der Waals surface area (Å²) in [4.78, 5) is 45.8. The SMILES string of the molecule is COC(=O)[C@H](Cc1cnc2ccccc2n1)NC(=O)[C@@H](Cc1ccccc1)NC(C)=O. The molecule has 3 aromatic rings. The molecule has 1 heterocycles. The number of methoxy groups -OCH3 is 1. The Morgan fingerprint density at radius 3 is 2.26 bits per heavy atom. The Bertz CT molecular complexity index is 1070. The Hall–Kier alpha value is -3.81. The Morgan fingerprint density at radius 2 is 1.58 bits per heavy atom. The van der Waals surface area contributed by atoms with Crippen molar-refractivity contribution in [3.63, 3.8) is 0 Å². The minimum absolute atomic E-state index is 0.106. The van der Waals surface area contributed by atoms with Crippen molar-refractivity contribution in [2.75, 3.05) is 7.11 Å². The Balaban J connectivity index is 1.77. The van der Waals surface area contributed by atoms with Crippen molar-refractivity contribution in [3.8, 4) is 0 Å². The van der Waals surface area contributed by atoms with E-state index in [9.17, 15) is 14.4 Å². The van der Waals surface area contributed by atoms with Gasteiger partial charge in [0.05, 0.1) is 23.8 Å². The van der Waals surface area contributed by atoms with E-state index < -0.39 is 24.0 Å². The Labute approximate surface area is 180 Å². The molecule has 31 heavy (non-hydrogen) atoms. The highest BCUT2D eigenvalue weighted by atomic mass is 16.5. The van der Waals surface area contributed by atoms with E-state index in [2.05, 4.69) is 20.6 Å². The number of esters is 1. The van der Waals surface area contributed by atoms with Crippen LogP contribution in [0.4, 0.5) is 0 Å². The first-order valence-electron chi connectivity index (χ1n) is 9.86.